The molecule has 0 bridgehead atoms. The molecule has 6 nitrogen and oxygen atoms in total. The Balaban J connectivity index is 1.66. The second kappa shape index (κ2) is 7.97. The van der Waals surface area contributed by atoms with Crippen LogP contribution in [0.5, 0.6) is 5.75 Å². The first-order chi connectivity index (χ1) is 12.5. The lowest BCUT2D eigenvalue weighted by molar-refractivity contribution is -0.122. The number of rotatable bonds is 6. The molecule has 1 N–H and O–H groups in total. The minimum atomic E-state index is -0.780. The summed E-state index contributed by atoms with van der Waals surface area (Å²) in [5, 5.41) is 6.87. The van der Waals surface area contributed by atoms with Gasteiger partial charge in [0.15, 0.2) is 6.10 Å². The van der Waals surface area contributed by atoms with Crippen molar-refractivity contribution in [3.63, 3.8) is 0 Å². The molecule has 0 saturated carbocycles. The Bertz CT molecular complexity index is 881. The molecule has 8 heteroatoms. The van der Waals surface area contributed by atoms with Gasteiger partial charge in [-0.3, -0.25) is 10.1 Å². The standard InChI is InChI=1S/C18H15ClFN3O3/c1-2-15(25-14-9-7-13(20)8-10-14)16(24)21-18-22-17(26-23-18)11-3-5-12(19)6-4-11/h3-10,15H,2H2,1H3,(H,21,23,24). The Morgan fingerprint density at radius 1 is 1.23 bits per heavy atom. The first kappa shape index (κ1) is 17.9. The molecule has 1 unspecified atom stereocenters. The minimum absolute atomic E-state index is 0.0288. The van der Waals surface area contributed by atoms with Gasteiger partial charge in [-0.05, 0) is 60.1 Å². The summed E-state index contributed by atoms with van der Waals surface area (Å²) in [6.07, 6.45) is -0.372. The van der Waals surface area contributed by atoms with Gasteiger partial charge in [0.25, 0.3) is 17.7 Å². The van der Waals surface area contributed by atoms with Crippen LogP contribution in [0.15, 0.2) is 53.1 Å². The van der Waals surface area contributed by atoms with E-state index in [1.165, 1.54) is 24.3 Å². The molecule has 2 aromatic carbocycles. The molecular formula is C18H15ClFN3O3. The molecule has 0 saturated heterocycles. The largest absolute Gasteiger partial charge is 0.481 e. The molecular weight excluding hydrogens is 361 g/mol. The zero-order valence-corrected chi connectivity index (χ0v) is 14.5. The Morgan fingerprint density at radius 2 is 1.92 bits per heavy atom. The van der Waals surface area contributed by atoms with E-state index in [2.05, 4.69) is 15.5 Å². The summed E-state index contributed by atoms with van der Waals surface area (Å²) in [7, 11) is 0. The molecule has 1 amide bonds. The summed E-state index contributed by atoms with van der Waals surface area (Å²) in [5.41, 5.74) is 0.678. The first-order valence-corrected chi connectivity index (χ1v) is 8.25. The van der Waals surface area contributed by atoms with Crippen molar-refractivity contribution in [2.75, 3.05) is 5.32 Å². The van der Waals surface area contributed by atoms with Gasteiger partial charge < -0.3 is 9.26 Å². The monoisotopic (exact) mass is 375 g/mol. The maximum atomic E-state index is 12.9. The van der Waals surface area contributed by atoms with Crippen LogP contribution < -0.4 is 10.1 Å². The maximum Gasteiger partial charge on any atom is 0.270 e. The summed E-state index contributed by atoms with van der Waals surface area (Å²) in [4.78, 5) is 16.5. The van der Waals surface area contributed by atoms with Gasteiger partial charge in [-0.15, -0.1) is 0 Å². The van der Waals surface area contributed by atoms with Crippen LogP contribution in [0.1, 0.15) is 13.3 Å². The van der Waals surface area contributed by atoms with Gasteiger partial charge in [0, 0.05) is 10.6 Å². The van der Waals surface area contributed by atoms with Crippen LogP contribution in [0.25, 0.3) is 11.5 Å². The second-order valence-electron chi connectivity index (χ2n) is 5.39. The molecule has 134 valence electrons. The summed E-state index contributed by atoms with van der Waals surface area (Å²) in [5.74, 6) is -0.134. The SMILES string of the molecule is CCC(Oc1ccc(F)cc1)C(=O)Nc1noc(-c2ccc(Cl)cc2)n1. The highest BCUT2D eigenvalue weighted by Gasteiger charge is 2.21. The summed E-state index contributed by atoms with van der Waals surface area (Å²) in [6, 6.07) is 12.3. The minimum Gasteiger partial charge on any atom is -0.481 e. The van der Waals surface area contributed by atoms with E-state index < -0.39 is 12.0 Å². The van der Waals surface area contributed by atoms with Crippen LogP contribution >= 0.6 is 11.6 Å². The molecule has 0 aliphatic carbocycles. The zero-order chi connectivity index (χ0) is 18.5. The third kappa shape index (κ3) is 4.37. The van der Waals surface area contributed by atoms with Crippen LogP contribution in [0.2, 0.25) is 5.02 Å². The second-order valence-corrected chi connectivity index (χ2v) is 5.82. The maximum absolute atomic E-state index is 12.9. The van der Waals surface area contributed by atoms with Crippen LogP contribution in [-0.4, -0.2) is 22.2 Å². The topological polar surface area (TPSA) is 77.2 Å². The van der Waals surface area contributed by atoms with E-state index in [0.717, 1.165) is 0 Å². The van der Waals surface area contributed by atoms with Crippen molar-refractivity contribution in [2.24, 2.45) is 0 Å². The molecule has 3 rings (SSSR count). The van der Waals surface area contributed by atoms with E-state index in [1.807, 2.05) is 0 Å². The van der Waals surface area contributed by atoms with Crippen LogP contribution in [-0.2, 0) is 4.79 Å². The number of carbonyl (C=O) groups excluding carboxylic acids is 1. The highest BCUT2D eigenvalue weighted by Crippen LogP contribution is 2.21. The number of carbonyl (C=O) groups is 1. The fourth-order valence-corrected chi connectivity index (χ4v) is 2.30. The van der Waals surface area contributed by atoms with E-state index in [0.29, 0.717) is 22.8 Å². The summed E-state index contributed by atoms with van der Waals surface area (Å²) in [6.45, 7) is 1.79. The van der Waals surface area contributed by atoms with E-state index in [4.69, 9.17) is 20.9 Å². The van der Waals surface area contributed by atoms with Gasteiger partial charge in [-0.25, -0.2) is 4.39 Å². The van der Waals surface area contributed by atoms with Gasteiger partial charge in [-0.2, -0.15) is 4.98 Å². The fraction of sp³-hybridized carbons (Fsp3) is 0.167. The van der Waals surface area contributed by atoms with Crippen LogP contribution in [0, 0.1) is 5.82 Å². The molecule has 0 fully saturated rings. The highest BCUT2D eigenvalue weighted by molar-refractivity contribution is 6.30. The van der Waals surface area contributed by atoms with Crippen molar-refractivity contribution in [2.45, 2.75) is 19.4 Å². The van der Waals surface area contributed by atoms with Crippen molar-refractivity contribution in [1.82, 2.24) is 10.1 Å². The Labute approximate surface area is 153 Å². The molecule has 0 spiro atoms. The lowest BCUT2D eigenvalue weighted by atomic mass is 10.2. The number of anilines is 1. The van der Waals surface area contributed by atoms with Gasteiger partial charge >= 0.3 is 0 Å². The predicted octanol–water partition coefficient (Wildman–Crippen LogP) is 4.33. The van der Waals surface area contributed by atoms with E-state index >= 15 is 0 Å². The van der Waals surface area contributed by atoms with Crippen LogP contribution in [0.4, 0.5) is 10.3 Å². The molecule has 1 heterocycles. The highest BCUT2D eigenvalue weighted by atomic mass is 35.5. The van der Waals surface area contributed by atoms with Crippen molar-refractivity contribution in [3.8, 4) is 17.2 Å². The first-order valence-electron chi connectivity index (χ1n) is 7.88. The predicted molar refractivity (Wildman–Crippen MR) is 94.5 cm³/mol. The van der Waals surface area contributed by atoms with Crippen LogP contribution in [0.3, 0.4) is 0 Å². The number of hydrogen-bond acceptors (Lipinski definition) is 5. The van der Waals surface area contributed by atoms with E-state index in [9.17, 15) is 9.18 Å². The Hall–Kier alpha value is -2.93. The molecule has 1 atom stereocenters. The average molecular weight is 376 g/mol. The number of nitrogens with zero attached hydrogens (tertiary/aromatic N) is 2. The van der Waals surface area contributed by atoms with E-state index in [1.54, 1.807) is 31.2 Å². The number of benzene rings is 2. The van der Waals surface area contributed by atoms with Gasteiger partial charge in [-0.1, -0.05) is 18.5 Å². The number of ether oxygens (including phenoxy) is 1. The van der Waals surface area contributed by atoms with Gasteiger partial charge in [0.1, 0.15) is 11.6 Å². The summed E-state index contributed by atoms with van der Waals surface area (Å²) < 4.78 is 23.7. The van der Waals surface area contributed by atoms with Gasteiger partial charge in [0.05, 0.1) is 0 Å². The quantitative estimate of drug-likeness (QED) is 0.694. The van der Waals surface area contributed by atoms with Crippen molar-refractivity contribution in [1.29, 1.82) is 0 Å². The lowest BCUT2D eigenvalue weighted by Gasteiger charge is -2.15. The Kier molecular flexibility index (Phi) is 5.48. The third-order valence-electron chi connectivity index (χ3n) is 3.51. The zero-order valence-electron chi connectivity index (χ0n) is 13.8. The summed E-state index contributed by atoms with van der Waals surface area (Å²) >= 11 is 5.84. The van der Waals surface area contributed by atoms with Crippen molar-refractivity contribution in [3.05, 3.63) is 59.4 Å². The number of aromatic nitrogens is 2. The molecule has 1 aromatic heterocycles. The molecule has 0 radical (unpaired) electrons. The van der Waals surface area contributed by atoms with E-state index in [-0.39, 0.29) is 17.7 Å². The smallest absolute Gasteiger partial charge is 0.270 e. The molecule has 3 aromatic rings. The molecule has 0 aliphatic rings. The normalized spacial score (nSPS) is 11.8. The average Bonchev–Trinajstić information content (AvgIpc) is 3.10. The third-order valence-corrected chi connectivity index (χ3v) is 3.76. The number of amides is 1. The van der Waals surface area contributed by atoms with Crippen molar-refractivity contribution < 1.29 is 18.4 Å². The number of halogens is 2. The Morgan fingerprint density at radius 3 is 2.58 bits per heavy atom. The van der Waals surface area contributed by atoms with Crippen molar-refractivity contribution >= 4 is 23.5 Å². The molecule has 26 heavy (non-hydrogen) atoms. The number of nitrogens with one attached hydrogen (secondary N) is 1. The van der Waals surface area contributed by atoms with Gasteiger partial charge in [0.2, 0.25) is 0 Å². The number of hydrogen-bond donors (Lipinski definition) is 1. The lowest BCUT2D eigenvalue weighted by Crippen LogP contribution is -2.32. The molecule has 0 aliphatic heterocycles. The fourth-order valence-electron chi connectivity index (χ4n) is 2.17.